The molecule has 26 heavy (non-hydrogen) atoms. The molecule has 1 aliphatic rings. The van der Waals surface area contributed by atoms with E-state index in [2.05, 4.69) is 20.5 Å². The number of guanidine groups is 1. The Balaban J connectivity index is 1.64. The zero-order chi connectivity index (χ0) is 18.7. The number of benzene rings is 1. The van der Waals surface area contributed by atoms with Crippen LogP contribution in [0.2, 0.25) is 0 Å². The van der Waals surface area contributed by atoms with Gasteiger partial charge in [-0.05, 0) is 51.0 Å². The first-order chi connectivity index (χ1) is 12.6. The number of sulfone groups is 1. The van der Waals surface area contributed by atoms with Crippen LogP contribution < -0.4 is 10.6 Å². The summed E-state index contributed by atoms with van der Waals surface area (Å²) >= 11 is 0. The van der Waals surface area contributed by atoms with Gasteiger partial charge >= 0.3 is 0 Å². The quantitative estimate of drug-likeness (QED) is 0.409. The van der Waals surface area contributed by atoms with Gasteiger partial charge in [-0.25, -0.2) is 8.42 Å². The summed E-state index contributed by atoms with van der Waals surface area (Å²) in [7, 11) is -1.56. The molecule has 2 rings (SSSR count). The Morgan fingerprint density at radius 1 is 1.04 bits per heavy atom. The van der Waals surface area contributed by atoms with Crippen molar-refractivity contribution in [3.05, 3.63) is 30.3 Å². The van der Waals surface area contributed by atoms with E-state index in [0.29, 0.717) is 17.4 Å². The van der Waals surface area contributed by atoms with E-state index < -0.39 is 9.84 Å². The predicted octanol–water partition coefficient (Wildman–Crippen LogP) is 1.89. The van der Waals surface area contributed by atoms with Gasteiger partial charge in [-0.2, -0.15) is 0 Å². The largest absolute Gasteiger partial charge is 0.356 e. The molecule has 1 heterocycles. The molecule has 1 fully saturated rings. The van der Waals surface area contributed by atoms with Crippen molar-refractivity contribution in [1.29, 1.82) is 0 Å². The number of hydrogen-bond acceptors (Lipinski definition) is 4. The zero-order valence-corrected chi connectivity index (χ0v) is 16.6. The van der Waals surface area contributed by atoms with Crippen LogP contribution in [-0.4, -0.2) is 64.8 Å². The van der Waals surface area contributed by atoms with Crippen molar-refractivity contribution in [2.45, 2.75) is 37.0 Å². The summed E-state index contributed by atoms with van der Waals surface area (Å²) in [5, 5.41) is 6.36. The molecular weight excluding hydrogens is 348 g/mol. The molecule has 7 heteroatoms. The molecule has 0 unspecified atom stereocenters. The highest BCUT2D eigenvalue weighted by molar-refractivity contribution is 7.91. The maximum atomic E-state index is 12.3. The summed E-state index contributed by atoms with van der Waals surface area (Å²) in [6, 6.07) is 8.56. The standard InChI is InChI=1S/C19H32N4O2S/c1-20-19(21-12-9-16-23-14-7-2-3-8-15-23)22-13-17-26(24,25)18-10-5-4-6-11-18/h4-6,10-11H,2-3,7-9,12-17H2,1H3,(H2,20,21,22). The maximum Gasteiger partial charge on any atom is 0.191 e. The van der Waals surface area contributed by atoms with Gasteiger partial charge in [0.05, 0.1) is 10.6 Å². The molecule has 0 spiro atoms. The van der Waals surface area contributed by atoms with E-state index in [1.54, 1.807) is 31.3 Å². The molecule has 1 aromatic carbocycles. The minimum atomic E-state index is -3.26. The van der Waals surface area contributed by atoms with Crippen LogP contribution in [0.5, 0.6) is 0 Å². The molecule has 1 saturated heterocycles. The van der Waals surface area contributed by atoms with Crippen molar-refractivity contribution >= 4 is 15.8 Å². The minimum absolute atomic E-state index is 0.0471. The summed E-state index contributed by atoms with van der Waals surface area (Å²) in [5.74, 6) is 0.704. The minimum Gasteiger partial charge on any atom is -0.356 e. The molecule has 1 aromatic rings. The molecule has 0 saturated carbocycles. The summed E-state index contributed by atoms with van der Waals surface area (Å²) in [6.07, 6.45) is 6.40. The lowest BCUT2D eigenvalue weighted by molar-refractivity contribution is 0.282. The van der Waals surface area contributed by atoms with Gasteiger partial charge in [0.15, 0.2) is 15.8 Å². The third-order valence-electron chi connectivity index (χ3n) is 4.63. The van der Waals surface area contributed by atoms with E-state index in [1.165, 1.54) is 38.8 Å². The Hall–Kier alpha value is -1.60. The summed E-state index contributed by atoms with van der Waals surface area (Å²) in [4.78, 5) is 7.07. The Morgan fingerprint density at radius 2 is 1.69 bits per heavy atom. The van der Waals surface area contributed by atoms with Crippen LogP contribution in [0.25, 0.3) is 0 Å². The summed E-state index contributed by atoms with van der Waals surface area (Å²) in [6.45, 7) is 4.70. The van der Waals surface area contributed by atoms with Gasteiger partial charge in [0, 0.05) is 20.1 Å². The van der Waals surface area contributed by atoms with E-state index >= 15 is 0 Å². The third-order valence-corrected chi connectivity index (χ3v) is 6.36. The average molecular weight is 381 g/mol. The first-order valence-electron chi connectivity index (χ1n) is 9.56. The van der Waals surface area contributed by atoms with Crippen molar-refractivity contribution < 1.29 is 8.42 Å². The lowest BCUT2D eigenvalue weighted by atomic mass is 10.2. The van der Waals surface area contributed by atoms with E-state index in [4.69, 9.17) is 0 Å². The lowest BCUT2D eigenvalue weighted by Crippen LogP contribution is -2.40. The maximum absolute atomic E-state index is 12.3. The molecule has 0 amide bonds. The highest BCUT2D eigenvalue weighted by atomic mass is 32.2. The van der Waals surface area contributed by atoms with E-state index in [-0.39, 0.29) is 5.75 Å². The first kappa shape index (κ1) is 20.7. The SMILES string of the molecule is CN=C(NCCCN1CCCCCC1)NCCS(=O)(=O)c1ccccc1. The first-order valence-corrected chi connectivity index (χ1v) is 11.2. The Kier molecular flexibility index (Phi) is 8.91. The second-order valence-electron chi connectivity index (χ2n) is 6.67. The van der Waals surface area contributed by atoms with Gasteiger partial charge in [-0.15, -0.1) is 0 Å². The molecule has 0 radical (unpaired) electrons. The molecule has 0 bridgehead atoms. The van der Waals surface area contributed by atoms with E-state index in [1.807, 2.05) is 6.07 Å². The van der Waals surface area contributed by atoms with Crippen molar-refractivity contribution in [2.24, 2.45) is 4.99 Å². The number of nitrogens with one attached hydrogen (secondary N) is 2. The third kappa shape index (κ3) is 7.33. The average Bonchev–Trinajstić information content (AvgIpc) is 2.93. The number of hydrogen-bond donors (Lipinski definition) is 2. The zero-order valence-electron chi connectivity index (χ0n) is 15.8. The summed E-state index contributed by atoms with van der Waals surface area (Å²) in [5.41, 5.74) is 0. The fourth-order valence-corrected chi connectivity index (χ4v) is 4.32. The molecular formula is C19H32N4O2S. The molecule has 1 aliphatic heterocycles. The molecule has 0 aliphatic carbocycles. The number of nitrogens with zero attached hydrogens (tertiary/aromatic N) is 2. The molecule has 146 valence electrons. The monoisotopic (exact) mass is 380 g/mol. The highest BCUT2D eigenvalue weighted by Gasteiger charge is 2.13. The van der Waals surface area contributed by atoms with Gasteiger partial charge < -0.3 is 15.5 Å². The Bertz CT molecular complexity index is 639. The van der Waals surface area contributed by atoms with E-state index in [9.17, 15) is 8.42 Å². The van der Waals surface area contributed by atoms with Crippen LogP contribution in [0.15, 0.2) is 40.2 Å². The molecule has 2 N–H and O–H groups in total. The predicted molar refractivity (Wildman–Crippen MR) is 107 cm³/mol. The number of likely N-dealkylation sites (tertiary alicyclic amines) is 1. The Labute approximate surface area is 158 Å². The van der Waals surface area contributed by atoms with Crippen LogP contribution in [0, 0.1) is 0 Å². The van der Waals surface area contributed by atoms with Gasteiger partial charge in [-0.3, -0.25) is 4.99 Å². The molecule has 0 atom stereocenters. The smallest absolute Gasteiger partial charge is 0.191 e. The van der Waals surface area contributed by atoms with Crippen LogP contribution in [0.4, 0.5) is 0 Å². The summed E-state index contributed by atoms with van der Waals surface area (Å²) < 4.78 is 24.5. The van der Waals surface area contributed by atoms with Gasteiger partial charge in [0.25, 0.3) is 0 Å². The normalized spacial score (nSPS) is 16.9. The van der Waals surface area contributed by atoms with Gasteiger partial charge in [0.2, 0.25) is 0 Å². The van der Waals surface area contributed by atoms with Crippen LogP contribution >= 0.6 is 0 Å². The van der Waals surface area contributed by atoms with Gasteiger partial charge in [-0.1, -0.05) is 31.0 Å². The highest BCUT2D eigenvalue weighted by Crippen LogP contribution is 2.10. The number of aliphatic imine (C=N–C) groups is 1. The van der Waals surface area contributed by atoms with Crippen molar-refractivity contribution in [1.82, 2.24) is 15.5 Å². The van der Waals surface area contributed by atoms with Crippen LogP contribution in [0.1, 0.15) is 32.1 Å². The lowest BCUT2D eigenvalue weighted by Gasteiger charge is -2.20. The van der Waals surface area contributed by atoms with Crippen LogP contribution in [0.3, 0.4) is 0 Å². The Morgan fingerprint density at radius 3 is 2.35 bits per heavy atom. The second kappa shape index (κ2) is 11.2. The fraction of sp³-hybridized carbons (Fsp3) is 0.632. The van der Waals surface area contributed by atoms with Gasteiger partial charge in [0.1, 0.15) is 0 Å². The van der Waals surface area contributed by atoms with E-state index in [0.717, 1.165) is 19.5 Å². The topological polar surface area (TPSA) is 73.8 Å². The molecule has 0 aromatic heterocycles. The second-order valence-corrected chi connectivity index (χ2v) is 8.78. The van der Waals surface area contributed by atoms with Crippen molar-refractivity contribution in [2.75, 3.05) is 45.5 Å². The fourth-order valence-electron chi connectivity index (χ4n) is 3.14. The van der Waals surface area contributed by atoms with Crippen molar-refractivity contribution in [3.63, 3.8) is 0 Å². The number of rotatable bonds is 8. The van der Waals surface area contributed by atoms with Crippen LogP contribution in [-0.2, 0) is 9.84 Å². The van der Waals surface area contributed by atoms with Crippen molar-refractivity contribution in [3.8, 4) is 0 Å². The molecule has 6 nitrogen and oxygen atoms in total.